The summed E-state index contributed by atoms with van der Waals surface area (Å²) in [4.78, 5) is 24.9. The SMILES string of the molecule is COC(=O)N(CCBr)c1ccc(C(=O)OC(C)C)cc1. The number of halogens is 1. The van der Waals surface area contributed by atoms with Crippen molar-refractivity contribution >= 4 is 33.7 Å². The van der Waals surface area contributed by atoms with Crippen molar-refractivity contribution in [3.63, 3.8) is 0 Å². The number of methoxy groups -OCH3 is 1. The minimum atomic E-state index is -0.443. The molecule has 1 rings (SSSR count). The van der Waals surface area contributed by atoms with Gasteiger partial charge in [0.15, 0.2) is 0 Å². The first-order valence-corrected chi connectivity index (χ1v) is 7.34. The van der Waals surface area contributed by atoms with Crippen LogP contribution >= 0.6 is 15.9 Å². The van der Waals surface area contributed by atoms with E-state index >= 15 is 0 Å². The molecule has 1 amide bonds. The quantitative estimate of drug-likeness (QED) is 0.608. The molecule has 0 radical (unpaired) electrons. The van der Waals surface area contributed by atoms with Gasteiger partial charge in [0.2, 0.25) is 0 Å². The van der Waals surface area contributed by atoms with Crippen molar-refractivity contribution < 1.29 is 19.1 Å². The van der Waals surface area contributed by atoms with Crippen LogP contribution in [0.15, 0.2) is 24.3 Å². The second-order valence-corrected chi connectivity index (χ2v) is 5.10. The number of benzene rings is 1. The smallest absolute Gasteiger partial charge is 0.414 e. The highest BCUT2D eigenvalue weighted by Crippen LogP contribution is 2.17. The van der Waals surface area contributed by atoms with E-state index < -0.39 is 6.09 Å². The van der Waals surface area contributed by atoms with Crippen LogP contribution < -0.4 is 4.90 Å². The van der Waals surface area contributed by atoms with Gasteiger partial charge in [0.05, 0.1) is 18.8 Å². The maximum Gasteiger partial charge on any atom is 0.414 e. The minimum absolute atomic E-state index is 0.165. The Morgan fingerprint density at radius 3 is 2.30 bits per heavy atom. The molecular weight excluding hydrogens is 326 g/mol. The van der Waals surface area contributed by atoms with Crippen molar-refractivity contribution in [2.75, 3.05) is 23.9 Å². The number of rotatable bonds is 5. The number of amides is 1. The summed E-state index contributed by atoms with van der Waals surface area (Å²) in [5, 5.41) is 0.624. The monoisotopic (exact) mass is 343 g/mol. The molecule has 1 aromatic carbocycles. The Labute approximate surface area is 127 Å². The average Bonchev–Trinajstić information content (AvgIpc) is 2.43. The zero-order valence-corrected chi connectivity index (χ0v) is 13.3. The molecule has 0 aliphatic heterocycles. The van der Waals surface area contributed by atoms with Gasteiger partial charge in [0, 0.05) is 17.6 Å². The van der Waals surface area contributed by atoms with Crippen molar-refractivity contribution in [1.82, 2.24) is 0 Å². The number of esters is 1. The summed E-state index contributed by atoms with van der Waals surface area (Å²) in [6.07, 6.45) is -0.607. The standard InChI is InChI=1S/C14H18BrNO4/c1-10(2)20-13(17)11-4-6-12(7-5-11)16(9-8-15)14(18)19-3/h4-7,10H,8-9H2,1-3H3. The molecule has 0 aliphatic rings. The lowest BCUT2D eigenvalue weighted by Crippen LogP contribution is -2.32. The van der Waals surface area contributed by atoms with Crippen molar-refractivity contribution in [2.24, 2.45) is 0 Å². The van der Waals surface area contributed by atoms with Crippen LogP contribution in [0.1, 0.15) is 24.2 Å². The Bertz CT molecular complexity index is 459. The molecule has 0 heterocycles. The van der Waals surface area contributed by atoms with E-state index in [4.69, 9.17) is 9.47 Å². The minimum Gasteiger partial charge on any atom is -0.459 e. The van der Waals surface area contributed by atoms with E-state index in [2.05, 4.69) is 15.9 Å². The number of hydrogen-bond acceptors (Lipinski definition) is 4. The number of carbonyl (C=O) groups excluding carboxylic acids is 2. The number of alkyl halides is 1. The lowest BCUT2D eigenvalue weighted by molar-refractivity contribution is 0.0378. The normalized spacial score (nSPS) is 10.2. The fourth-order valence-corrected chi connectivity index (χ4v) is 1.93. The molecule has 110 valence electrons. The van der Waals surface area contributed by atoms with Crippen LogP contribution in [0.5, 0.6) is 0 Å². The highest BCUT2D eigenvalue weighted by atomic mass is 79.9. The summed E-state index contributed by atoms with van der Waals surface area (Å²) in [5.74, 6) is -0.378. The third kappa shape index (κ3) is 4.52. The van der Waals surface area contributed by atoms with Crippen molar-refractivity contribution in [1.29, 1.82) is 0 Å². The number of hydrogen-bond donors (Lipinski definition) is 0. The Morgan fingerprint density at radius 2 is 1.85 bits per heavy atom. The van der Waals surface area contributed by atoms with Gasteiger partial charge in [-0.2, -0.15) is 0 Å². The van der Waals surface area contributed by atoms with E-state index in [-0.39, 0.29) is 12.1 Å². The van der Waals surface area contributed by atoms with Crippen molar-refractivity contribution in [3.05, 3.63) is 29.8 Å². The lowest BCUT2D eigenvalue weighted by atomic mass is 10.2. The van der Waals surface area contributed by atoms with Crippen LogP contribution in [-0.2, 0) is 9.47 Å². The van der Waals surface area contributed by atoms with Crippen LogP contribution in [0.2, 0.25) is 0 Å². The van der Waals surface area contributed by atoms with Gasteiger partial charge in [0.1, 0.15) is 0 Å². The van der Waals surface area contributed by atoms with E-state index in [0.29, 0.717) is 23.1 Å². The molecule has 0 saturated heterocycles. The Hall–Kier alpha value is -1.56. The third-order valence-electron chi connectivity index (χ3n) is 2.46. The fraction of sp³-hybridized carbons (Fsp3) is 0.429. The number of nitrogens with zero attached hydrogens (tertiary/aromatic N) is 1. The molecule has 0 saturated carbocycles. The van der Waals surface area contributed by atoms with Gasteiger partial charge in [-0.3, -0.25) is 4.90 Å². The molecule has 0 bridgehead atoms. The first kappa shape index (κ1) is 16.5. The van der Waals surface area contributed by atoms with E-state index in [1.54, 1.807) is 38.1 Å². The van der Waals surface area contributed by atoms with Crippen molar-refractivity contribution in [2.45, 2.75) is 20.0 Å². The topological polar surface area (TPSA) is 55.8 Å². The van der Waals surface area contributed by atoms with Crippen LogP contribution in [-0.4, -0.2) is 37.2 Å². The van der Waals surface area contributed by atoms with Gasteiger partial charge >= 0.3 is 12.1 Å². The van der Waals surface area contributed by atoms with Gasteiger partial charge in [-0.05, 0) is 38.1 Å². The molecule has 0 atom stereocenters. The van der Waals surface area contributed by atoms with E-state index in [1.807, 2.05) is 0 Å². The van der Waals surface area contributed by atoms with Gasteiger partial charge in [-0.15, -0.1) is 0 Å². The van der Waals surface area contributed by atoms with Gasteiger partial charge in [-0.25, -0.2) is 9.59 Å². The molecule has 0 unspecified atom stereocenters. The maximum absolute atomic E-state index is 11.7. The predicted octanol–water partition coefficient (Wildman–Crippen LogP) is 3.22. The summed E-state index contributed by atoms with van der Waals surface area (Å²) in [5.41, 5.74) is 1.11. The molecular formula is C14H18BrNO4. The summed E-state index contributed by atoms with van der Waals surface area (Å²) >= 11 is 3.29. The van der Waals surface area contributed by atoms with Gasteiger partial charge in [0.25, 0.3) is 0 Å². The Balaban J connectivity index is 2.88. The molecule has 0 N–H and O–H groups in total. The van der Waals surface area contributed by atoms with E-state index in [0.717, 1.165) is 0 Å². The van der Waals surface area contributed by atoms with E-state index in [9.17, 15) is 9.59 Å². The molecule has 6 heteroatoms. The summed E-state index contributed by atoms with van der Waals surface area (Å²) < 4.78 is 9.83. The average molecular weight is 344 g/mol. The molecule has 5 nitrogen and oxygen atoms in total. The largest absolute Gasteiger partial charge is 0.459 e. The number of carbonyl (C=O) groups is 2. The number of ether oxygens (including phenoxy) is 2. The zero-order valence-electron chi connectivity index (χ0n) is 11.8. The van der Waals surface area contributed by atoms with E-state index in [1.165, 1.54) is 12.0 Å². The first-order valence-electron chi connectivity index (χ1n) is 6.22. The van der Waals surface area contributed by atoms with Gasteiger partial charge in [-0.1, -0.05) is 15.9 Å². The lowest BCUT2D eigenvalue weighted by Gasteiger charge is -2.20. The zero-order chi connectivity index (χ0) is 15.1. The van der Waals surface area contributed by atoms with Crippen LogP contribution in [0, 0.1) is 0 Å². The van der Waals surface area contributed by atoms with Crippen LogP contribution in [0.25, 0.3) is 0 Å². The molecule has 0 spiro atoms. The second-order valence-electron chi connectivity index (χ2n) is 4.31. The second kappa shape index (κ2) is 7.89. The molecule has 0 aliphatic carbocycles. The molecule has 0 fully saturated rings. The summed E-state index contributed by atoms with van der Waals surface area (Å²) in [7, 11) is 1.33. The van der Waals surface area contributed by atoms with Crippen LogP contribution in [0.4, 0.5) is 10.5 Å². The van der Waals surface area contributed by atoms with Gasteiger partial charge < -0.3 is 9.47 Å². The maximum atomic E-state index is 11.7. The van der Waals surface area contributed by atoms with Crippen LogP contribution in [0.3, 0.4) is 0 Å². The molecule has 0 aromatic heterocycles. The summed E-state index contributed by atoms with van der Waals surface area (Å²) in [6, 6.07) is 6.64. The molecule has 1 aromatic rings. The molecule has 20 heavy (non-hydrogen) atoms. The summed E-state index contributed by atoms with van der Waals surface area (Å²) in [6.45, 7) is 4.06. The third-order valence-corrected chi connectivity index (χ3v) is 2.82. The Kier molecular flexibility index (Phi) is 6.51. The highest BCUT2D eigenvalue weighted by Gasteiger charge is 2.16. The number of anilines is 1. The Morgan fingerprint density at radius 1 is 1.25 bits per heavy atom. The van der Waals surface area contributed by atoms with Crippen molar-refractivity contribution in [3.8, 4) is 0 Å². The first-order chi connectivity index (χ1) is 9.49. The highest BCUT2D eigenvalue weighted by molar-refractivity contribution is 9.09. The predicted molar refractivity (Wildman–Crippen MR) is 80.5 cm³/mol. The fourth-order valence-electron chi connectivity index (χ4n) is 1.58.